The zero-order chi connectivity index (χ0) is 11.8. The smallest absolute Gasteiger partial charge is 0.225 e. The third-order valence-electron chi connectivity index (χ3n) is 2.88. The molecule has 0 bridgehead atoms. The molecule has 0 N–H and O–H groups in total. The van der Waals surface area contributed by atoms with Crippen LogP contribution in [-0.2, 0) is 0 Å². The summed E-state index contributed by atoms with van der Waals surface area (Å²) in [6.45, 7) is 5.73. The number of anilines is 1. The van der Waals surface area contributed by atoms with Crippen LogP contribution < -0.4 is 4.90 Å². The van der Waals surface area contributed by atoms with Crippen molar-refractivity contribution in [1.29, 1.82) is 0 Å². The van der Waals surface area contributed by atoms with E-state index < -0.39 is 0 Å². The van der Waals surface area contributed by atoms with Crippen molar-refractivity contribution in [3.05, 3.63) is 29.8 Å². The van der Waals surface area contributed by atoms with Gasteiger partial charge in [-0.2, -0.15) is 15.0 Å². The van der Waals surface area contributed by atoms with Crippen molar-refractivity contribution >= 4 is 5.95 Å². The van der Waals surface area contributed by atoms with Gasteiger partial charge in [0.2, 0.25) is 5.95 Å². The quantitative estimate of drug-likeness (QED) is 0.761. The van der Waals surface area contributed by atoms with Gasteiger partial charge in [0.15, 0.2) is 0 Å². The van der Waals surface area contributed by atoms with Gasteiger partial charge in [-0.15, -0.1) is 0 Å². The summed E-state index contributed by atoms with van der Waals surface area (Å²) in [5.74, 6) is 0.811. The lowest BCUT2D eigenvalue weighted by molar-refractivity contribution is 0.328. The first-order valence-corrected chi connectivity index (χ1v) is 5.65. The van der Waals surface area contributed by atoms with E-state index in [4.69, 9.17) is 0 Å². The Morgan fingerprint density at radius 2 is 1.65 bits per heavy atom. The largest absolute Gasteiger partial charge is 0.336 e. The Balaban J connectivity index is 1.73. The Kier molecular flexibility index (Phi) is 2.28. The highest BCUT2D eigenvalue weighted by molar-refractivity contribution is 5.36. The van der Waals surface area contributed by atoms with Gasteiger partial charge < -0.3 is 4.90 Å². The van der Waals surface area contributed by atoms with E-state index in [9.17, 15) is 0 Å². The van der Waals surface area contributed by atoms with Gasteiger partial charge >= 0.3 is 0 Å². The Labute approximate surface area is 99.3 Å². The van der Waals surface area contributed by atoms with Gasteiger partial charge in [-0.1, -0.05) is 0 Å². The maximum atomic E-state index is 4.44. The number of hydrogen-bond donors (Lipinski definition) is 0. The third kappa shape index (κ3) is 1.86. The molecular weight excluding hydrogens is 216 g/mol. The molecule has 1 fully saturated rings. The van der Waals surface area contributed by atoms with Crippen LogP contribution >= 0.6 is 0 Å². The van der Waals surface area contributed by atoms with E-state index in [1.165, 1.54) is 0 Å². The minimum absolute atomic E-state index is 0.342. The monoisotopic (exact) mass is 230 g/mol. The maximum absolute atomic E-state index is 4.44. The molecule has 17 heavy (non-hydrogen) atoms. The van der Waals surface area contributed by atoms with Crippen LogP contribution in [0.25, 0.3) is 0 Å². The van der Waals surface area contributed by atoms with Crippen LogP contribution in [0.2, 0.25) is 0 Å². The molecule has 0 saturated carbocycles. The van der Waals surface area contributed by atoms with Crippen LogP contribution in [0.3, 0.4) is 0 Å². The highest BCUT2D eigenvalue weighted by Gasteiger charge is 2.31. The second-order valence-corrected chi connectivity index (χ2v) is 4.36. The summed E-state index contributed by atoms with van der Waals surface area (Å²) in [6.07, 6.45) is 3.41. The molecule has 3 heterocycles. The second-order valence-electron chi connectivity index (χ2n) is 4.36. The van der Waals surface area contributed by atoms with Crippen molar-refractivity contribution in [2.75, 3.05) is 18.0 Å². The van der Waals surface area contributed by atoms with E-state index in [1.807, 2.05) is 19.9 Å². The third-order valence-corrected chi connectivity index (χ3v) is 2.88. The Morgan fingerprint density at radius 1 is 1.06 bits per heavy atom. The van der Waals surface area contributed by atoms with Crippen molar-refractivity contribution in [3.63, 3.8) is 0 Å². The first-order valence-electron chi connectivity index (χ1n) is 5.65. The summed E-state index contributed by atoms with van der Waals surface area (Å²) in [5.41, 5.74) is 2.02. The van der Waals surface area contributed by atoms with Crippen LogP contribution in [0.1, 0.15) is 17.4 Å². The zero-order valence-electron chi connectivity index (χ0n) is 9.91. The van der Waals surface area contributed by atoms with Gasteiger partial charge in [-0.25, -0.2) is 9.97 Å². The predicted molar refractivity (Wildman–Crippen MR) is 62.8 cm³/mol. The highest BCUT2D eigenvalue weighted by Crippen LogP contribution is 2.23. The molecule has 1 aliphatic rings. The Morgan fingerprint density at radius 3 is 2.24 bits per heavy atom. The topological polar surface area (TPSA) is 59.7 Å². The average molecular weight is 230 g/mol. The summed E-state index contributed by atoms with van der Waals surface area (Å²) < 4.78 is 0. The Bertz CT molecular complexity index is 495. The van der Waals surface area contributed by atoms with Crippen molar-refractivity contribution in [2.45, 2.75) is 19.9 Å². The van der Waals surface area contributed by atoms with Crippen molar-refractivity contribution in [1.82, 2.24) is 25.0 Å². The summed E-state index contributed by atoms with van der Waals surface area (Å²) in [7, 11) is 0. The molecule has 0 unspecified atom stereocenters. The predicted octanol–water partition coefficient (Wildman–Crippen LogP) is 0.746. The van der Waals surface area contributed by atoms with Crippen LogP contribution in [0.15, 0.2) is 18.5 Å². The molecule has 2 aromatic rings. The zero-order valence-corrected chi connectivity index (χ0v) is 9.91. The Hall–Kier alpha value is -1.98. The lowest BCUT2D eigenvalue weighted by Crippen LogP contribution is -2.49. The number of aromatic nitrogens is 5. The molecule has 2 aromatic heterocycles. The van der Waals surface area contributed by atoms with Gasteiger partial charge in [0.05, 0.1) is 12.4 Å². The summed E-state index contributed by atoms with van der Waals surface area (Å²) in [4.78, 5) is 12.8. The van der Waals surface area contributed by atoms with Gasteiger partial charge in [-0.05, 0) is 19.9 Å². The number of rotatable bonds is 2. The fraction of sp³-hybridized carbons (Fsp3) is 0.455. The van der Waals surface area contributed by atoms with Gasteiger partial charge in [0.25, 0.3) is 0 Å². The van der Waals surface area contributed by atoms with E-state index in [1.54, 1.807) is 17.2 Å². The SMILES string of the molecule is Cc1cc(C)nc(N2CC(n3nccn3)C2)n1. The second kappa shape index (κ2) is 3.80. The van der Waals surface area contributed by atoms with Crippen LogP contribution in [0.5, 0.6) is 0 Å². The van der Waals surface area contributed by atoms with E-state index >= 15 is 0 Å². The summed E-state index contributed by atoms with van der Waals surface area (Å²) >= 11 is 0. The lowest BCUT2D eigenvalue weighted by Gasteiger charge is -2.38. The van der Waals surface area contributed by atoms with Gasteiger partial charge in [-0.3, -0.25) is 0 Å². The van der Waals surface area contributed by atoms with E-state index in [0.29, 0.717) is 6.04 Å². The summed E-state index contributed by atoms with van der Waals surface area (Å²) in [6, 6.07) is 2.32. The molecule has 0 amide bonds. The first kappa shape index (κ1) is 10.2. The number of hydrogen-bond acceptors (Lipinski definition) is 5. The number of nitrogens with zero attached hydrogens (tertiary/aromatic N) is 6. The maximum Gasteiger partial charge on any atom is 0.225 e. The molecule has 0 atom stereocenters. The molecule has 0 spiro atoms. The molecular formula is C11H14N6. The highest BCUT2D eigenvalue weighted by atomic mass is 15.5. The van der Waals surface area contributed by atoms with Gasteiger partial charge in [0, 0.05) is 24.5 Å². The lowest BCUT2D eigenvalue weighted by atomic mass is 10.1. The van der Waals surface area contributed by atoms with Crippen molar-refractivity contribution < 1.29 is 0 Å². The van der Waals surface area contributed by atoms with Crippen molar-refractivity contribution in [2.24, 2.45) is 0 Å². The molecule has 0 aromatic carbocycles. The normalized spacial score (nSPS) is 16.0. The molecule has 6 nitrogen and oxygen atoms in total. The average Bonchev–Trinajstić information content (AvgIpc) is 2.66. The molecule has 3 rings (SSSR count). The number of aryl methyl sites for hydroxylation is 2. The van der Waals surface area contributed by atoms with E-state index in [2.05, 4.69) is 25.1 Å². The minimum Gasteiger partial charge on any atom is -0.336 e. The van der Waals surface area contributed by atoms with Crippen LogP contribution in [0, 0.1) is 13.8 Å². The fourth-order valence-electron chi connectivity index (χ4n) is 2.03. The van der Waals surface area contributed by atoms with Crippen LogP contribution in [-0.4, -0.2) is 38.1 Å². The molecule has 1 aliphatic heterocycles. The summed E-state index contributed by atoms with van der Waals surface area (Å²) in [5, 5.41) is 8.28. The van der Waals surface area contributed by atoms with Gasteiger partial charge in [0.1, 0.15) is 6.04 Å². The van der Waals surface area contributed by atoms with Crippen molar-refractivity contribution in [3.8, 4) is 0 Å². The minimum atomic E-state index is 0.342. The first-order chi connectivity index (χ1) is 8.22. The van der Waals surface area contributed by atoms with E-state index in [-0.39, 0.29) is 0 Å². The van der Waals surface area contributed by atoms with E-state index in [0.717, 1.165) is 30.4 Å². The van der Waals surface area contributed by atoms with Crippen LogP contribution in [0.4, 0.5) is 5.95 Å². The standard InChI is InChI=1S/C11H14N6/c1-8-5-9(2)15-11(14-8)16-6-10(7-16)17-12-3-4-13-17/h3-5,10H,6-7H2,1-2H3. The molecule has 0 radical (unpaired) electrons. The molecule has 88 valence electrons. The molecule has 1 saturated heterocycles. The fourth-order valence-corrected chi connectivity index (χ4v) is 2.03. The molecule has 0 aliphatic carbocycles. The molecule has 6 heteroatoms.